The first-order chi connectivity index (χ1) is 6.36. The van der Waals surface area contributed by atoms with Crippen molar-refractivity contribution >= 4 is 17.2 Å². The van der Waals surface area contributed by atoms with E-state index in [0.717, 1.165) is 13.0 Å². The third-order valence-electron chi connectivity index (χ3n) is 2.23. The van der Waals surface area contributed by atoms with Gasteiger partial charge in [0.25, 0.3) is 0 Å². The van der Waals surface area contributed by atoms with E-state index >= 15 is 0 Å². The molecule has 0 aromatic carbocycles. The summed E-state index contributed by atoms with van der Waals surface area (Å²) in [6.07, 6.45) is 2.33. The first-order valence-electron chi connectivity index (χ1n) is 4.69. The topological polar surface area (TPSA) is 24.4 Å². The van der Waals surface area contributed by atoms with Gasteiger partial charge in [0, 0.05) is 17.8 Å². The number of amidine groups is 1. The van der Waals surface area contributed by atoms with Crippen molar-refractivity contribution in [2.75, 3.05) is 6.54 Å². The van der Waals surface area contributed by atoms with E-state index in [1.54, 1.807) is 11.3 Å². The molecule has 0 bridgehead atoms. The summed E-state index contributed by atoms with van der Waals surface area (Å²) < 4.78 is 0. The molecule has 0 fully saturated rings. The summed E-state index contributed by atoms with van der Waals surface area (Å²) >= 11 is 1.80. The molecule has 1 N–H and O–H groups in total. The molecule has 1 unspecified atom stereocenters. The highest BCUT2D eigenvalue weighted by Gasteiger charge is 2.11. The van der Waals surface area contributed by atoms with Crippen molar-refractivity contribution in [2.45, 2.75) is 25.8 Å². The Bertz CT molecular complexity index is 290. The minimum absolute atomic E-state index is 0.414. The summed E-state index contributed by atoms with van der Waals surface area (Å²) in [6.45, 7) is 3.19. The smallest absolute Gasteiger partial charge is 0.0968 e. The van der Waals surface area contributed by atoms with Crippen LogP contribution >= 0.6 is 11.3 Å². The van der Waals surface area contributed by atoms with Crippen LogP contribution in [0.5, 0.6) is 0 Å². The molecule has 0 saturated carbocycles. The molecule has 70 valence electrons. The van der Waals surface area contributed by atoms with Crippen LogP contribution in [0.4, 0.5) is 0 Å². The maximum Gasteiger partial charge on any atom is 0.0968 e. The van der Waals surface area contributed by atoms with Crippen LogP contribution in [0.2, 0.25) is 0 Å². The van der Waals surface area contributed by atoms with Gasteiger partial charge >= 0.3 is 0 Å². The zero-order valence-electron chi connectivity index (χ0n) is 7.79. The molecule has 2 rings (SSSR count). The molecule has 0 aliphatic carbocycles. The Balaban J connectivity index is 1.95. The summed E-state index contributed by atoms with van der Waals surface area (Å²) in [5, 5.41) is 5.56. The van der Waals surface area contributed by atoms with Crippen LogP contribution in [0.15, 0.2) is 22.5 Å². The highest BCUT2D eigenvalue weighted by atomic mass is 32.1. The van der Waals surface area contributed by atoms with Crippen LogP contribution in [0.1, 0.15) is 30.7 Å². The molecular formula is C10H14N2S. The molecule has 0 saturated heterocycles. The highest BCUT2D eigenvalue weighted by Crippen LogP contribution is 2.18. The predicted octanol–water partition coefficient (Wildman–Crippen LogP) is 2.59. The maximum absolute atomic E-state index is 4.40. The Hall–Kier alpha value is -0.830. The minimum Gasteiger partial charge on any atom is -0.367 e. The quantitative estimate of drug-likeness (QED) is 0.769. The fourth-order valence-electron chi connectivity index (χ4n) is 1.52. The van der Waals surface area contributed by atoms with E-state index in [2.05, 4.69) is 34.7 Å². The molecule has 2 heterocycles. The number of rotatable bonds is 2. The number of hydrogen-bond donors (Lipinski definition) is 1. The van der Waals surface area contributed by atoms with E-state index in [4.69, 9.17) is 0 Å². The van der Waals surface area contributed by atoms with E-state index in [9.17, 15) is 0 Å². The Morgan fingerprint density at radius 2 is 2.54 bits per heavy atom. The van der Waals surface area contributed by atoms with Gasteiger partial charge in [-0.25, -0.2) is 0 Å². The molecule has 0 amide bonds. The van der Waals surface area contributed by atoms with E-state index in [1.165, 1.54) is 17.1 Å². The Morgan fingerprint density at radius 3 is 3.15 bits per heavy atom. The van der Waals surface area contributed by atoms with Gasteiger partial charge in [-0.1, -0.05) is 6.07 Å². The molecular weight excluding hydrogens is 180 g/mol. The third kappa shape index (κ3) is 2.10. The normalized spacial score (nSPS) is 18.4. The SMILES string of the molecule is CC(NC1=NCCC1)c1cccs1. The predicted molar refractivity (Wildman–Crippen MR) is 57.4 cm³/mol. The van der Waals surface area contributed by atoms with Crippen molar-refractivity contribution in [3.8, 4) is 0 Å². The molecule has 1 aromatic rings. The van der Waals surface area contributed by atoms with Gasteiger partial charge in [-0.3, -0.25) is 4.99 Å². The van der Waals surface area contributed by atoms with Gasteiger partial charge in [0.1, 0.15) is 0 Å². The summed E-state index contributed by atoms with van der Waals surface area (Å²) in [7, 11) is 0. The van der Waals surface area contributed by atoms with Gasteiger partial charge < -0.3 is 5.32 Å². The minimum atomic E-state index is 0.414. The van der Waals surface area contributed by atoms with Crippen LogP contribution in [-0.4, -0.2) is 12.4 Å². The van der Waals surface area contributed by atoms with E-state index in [1.807, 2.05) is 0 Å². The summed E-state index contributed by atoms with van der Waals surface area (Å²) in [5.74, 6) is 1.18. The fraction of sp³-hybridized carbons (Fsp3) is 0.500. The lowest BCUT2D eigenvalue weighted by atomic mass is 10.2. The molecule has 0 spiro atoms. The number of nitrogens with zero attached hydrogens (tertiary/aromatic N) is 1. The number of nitrogens with one attached hydrogen (secondary N) is 1. The second-order valence-electron chi connectivity index (χ2n) is 3.31. The van der Waals surface area contributed by atoms with E-state index in [0.29, 0.717) is 6.04 Å². The Labute approximate surface area is 82.7 Å². The van der Waals surface area contributed by atoms with Crippen molar-refractivity contribution in [1.29, 1.82) is 0 Å². The molecule has 1 aliphatic heterocycles. The van der Waals surface area contributed by atoms with Crippen molar-refractivity contribution in [3.05, 3.63) is 22.4 Å². The second-order valence-corrected chi connectivity index (χ2v) is 4.29. The number of thiophene rings is 1. The lowest BCUT2D eigenvalue weighted by molar-refractivity contribution is 0.723. The van der Waals surface area contributed by atoms with Crippen LogP contribution in [0.3, 0.4) is 0 Å². The summed E-state index contributed by atoms with van der Waals surface area (Å²) in [5.41, 5.74) is 0. The van der Waals surface area contributed by atoms with E-state index < -0.39 is 0 Å². The fourth-order valence-corrected chi connectivity index (χ4v) is 2.25. The molecule has 13 heavy (non-hydrogen) atoms. The van der Waals surface area contributed by atoms with Crippen molar-refractivity contribution in [1.82, 2.24) is 5.32 Å². The zero-order valence-corrected chi connectivity index (χ0v) is 8.60. The zero-order chi connectivity index (χ0) is 9.10. The average Bonchev–Trinajstić information content (AvgIpc) is 2.74. The lowest BCUT2D eigenvalue weighted by Gasteiger charge is -2.12. The third-order valence-corrected chi connectivity index (χ3v) is 3.28. The van der Waals surface area contributed by atoms with E-state index in [-0.39, 0.29) is 0 Å². The van der Waals surface area contributed by atoms with Gasteiger partial charge in [0.15, 0.2) is 0 Å². The van der Waals surface area contributed by atoms with Gasteiger partial charge in [-0.15, -0.1) is 11.3 Å². The first-order valence-corrected chi connectivity index (χ1v) is 5.57. The van der Waals surface area contributed by atoms with Crippen molar-refractivity contribution in [3.63, 3.8) is 0 Å². The second kappa shape index (κ2) is 3.92. The Morgan fingerprint density at radius 1 is 1.62 bits per heavy atom. The lowest BCUT2D eigenvalue weighted by Crippen LogP contribution is -2.24. The number of aliphatic imine (C=N–C) groups is 1. The average molecular weight is 194 g/mol. The van der Waals surface area contributed by atoms with Crippen LogP contribution in [-0.2, 0) is 0 Å². The molecule has 3 heteroatoms. The molecule has 1 atom stereocenters. The van der Waals surface area contributed by atoms with Crippen molar-refractivity contribution in [2.24, 2.45) is 4.99 Å². The van der Waals surface area contributed by atoms with Crippen molar-refractivity contribution < 1.29 is 0 Å². The Kier molecular flexibility index (Phi) is 2.64. The van der Waals surface area contributed by atoms with Gasteiger partial charge in [-0.2, -0.15) is 0 Å². The van der Waals surface area contributed by atoms with Gasteiger partial charge in [0.2, 0.25) is 0 Å². The van der Waals surface area contributed by atoms with Gasteiger partial charge in [-0.05, 0) is 24.8 Å². The first kappa shape index (κ1) is 8.75. The van der Waals surface area contributed by atoms with Gasteiger partial charge in [0.05, 0.1) is 11.9 Å². The van der Waals surface area contributed by atoms with Crippen LogP contribution in [0.25, 0.3) is 0 Å². The number of hydrogen-bond acceptors (Lipinski definition) is 3. The van der Waals surface area contributed by atoms with Crippen LogP contribution < -0.4 is 5.32 Å². The maximum atomic E-state index is 4.40. The van der Waals surface area contributed by atoms with Crippen LogP contribution in [0, 0.1) is 0 Å². The largest absolute Gasteiger partial charge is 0.367 e. The molecule has 1 aliphatic rings. The molecule has 1 aromatic heterocycles. The summed E-state index contributed by atoms with van der Waals surface area (Å²) in [6, 6.07) is 4.67. The standard InChI is InChI=1S/C10H14N2S/c1-8(9-4-3-7-13-9)12-10-5-2-6-11-10/h3-4,7-8H,2,5-6H2,1H3,(H,11,12). The molecule has 0 radical (unpaired) electrons. The summed E-state index contributed by atoms with van der Waals surface area (Å²) in [4.78, 5) is 5.78. The monoisotopic (exact) mass is 194 g/mol. The molecule has 2 nitrogen and oxygen atoms in total. The highest BCUT2D eigenvalue weighted by molar-refractivity contribution is 7.10.